The number of hydrogen-bond acceptors (Lipinski definition) is 3. The van der Waals surface area contributed by atoms with Gasteiger partial charge >= 0.3 is 0 Å². The molecule has 1 aromatic carbocycles. The van der Waals surface area contributed by atoms with Gasteiger partial charge in [-0.1, -0.05) is 6.08 Å². The van der Waals surface area contributed by atoms with Crippen LogP contribution in [0.1, 0.15) is 5.56 Å². The van der Waals surface area contributed by atoms with Crippen LogP contribution in [-0.4, -0.2) is 24.6 Å². The number of allylic oxidation sites excluding steroid dienone is 1. The van der Waals surface area contributed by atoms with Crippen molar-refractivity contribution in [3.05, 3.63) is 47.5 Å². The van der Waals surface area contributed by atoms with Crippen LogP contribution in [0.2, 0.25) is 0 Å². The molecule has 3 atom stereocenters. The van der Waals surface area contributed by atoms with Crippen LogP contribution in [0.4, 0.5) is 8.78 Å². The third-order valence-corrected chi connectivity index (χ3v) is 3.09. The predicted molar refractivity (Wildman–Crippen MR) is 69.0 cm³/mol. The van der Waals surface area contributed by atoms with Crippen molar-refractivity contribution >= 4 is 12.5 Å². The van der Waals surface area contributed by atoms with E-state index < -0.39 is 23.6 Å². The molecule has 0 aromatic heterocycles. The minimum absolute atomic E-state index is 0.220. The number of carbonyl (C=O) groups excluding carboxylic acids is 1. The quantitative estimate of drug-likeness (QED) is 0.822. The minimum atomic E-state index is -0.649. The highest BCUT2D eigenvalue weighted by atomic mass is 19.1. The van der Waals surface area contributed by atoms with Gasteiger partial charge in [0.25, 0.3) is 0 Å². The van der Waals surface area contributed by atoms with Crippen LogP contribution in [0.15, 0.2) is 35.3 Å². The molecule has 1 heterocycles. The molecule has 0 aliphatic carbocycles. The lowest BCUT2D eigenvalue weighted by Crippen LogP contribution is -2.39. The van der Waals surface area contributed by atoms with E-state index in [9.17, 15) is 13.6 Å². The summed E-state index contributed by atoms with van der Waals surface area (Å²) < 4.78 is 26.2. The topological polar surface area (TPSA) is 55.5 Å². The Morgan fingerprint density at radius 2 is 2.00 bits per heavy atom. The molecule has 5 heteroatoms. The van der Waals surface area contributed by atoms with Gasteiger partial charge in [-0.25, -0.2) is 8.78 Å². The summed E-state index contributed by atoms with van der Waals surface area (Å²) in [5, 5.41) is 0. The molecule has 3 nitrogen and oxygen atoms in total. The number of nitrogens with zero attached hydrogens (tertiary/aromatic N) is 1. The molecule has 0 fully saturated rings. The summed E-state index contributed by atoms with van der Waals surface area (Å²) in [6.07, 6.45) is 6.10. The fourth-order valence-electron chi connectivity index (χ4n) is 2.16. The molecular weight excluding hydrogens is 250 g/mol. The van der Waals surface area contributed by atoms with Crippen LogP contribution in [0.3, 0.4) is 0 Å². The molecule has 0 bridgehead atoms. The fraction of sp³-hybridized carbons (Fsp3) is 0.286. The highest BCUT2D eigenvalue weighted by molar-refractivity contribution is 5.75. The average molecular weight is 264 g/mol. The van der Waals surface area contributed by atoms with Crippen LogP contribution in [-0.2, 0) is 11.2 Å². The zero-order chi connectivity index (χ0) is 13.8. The predicted octanol–water partition coefficient (Wildman–Crippen LogP) is 1.66. The van der Waals surface area contributed by atoms with E-state index in [1.165, 1.54) is 12.1 Å². The molecule has 19 heavy (non-hydrogen) atoms. The molecular formula is C14H14F2N2O. The summed E-state index contributed by atoms with van der Waals surface area (Å²) in [4.78, 5) is 15.2. The van der Waals surface area contributed by atoms with Crippen LogP contribution in [0, 0.1) is 17.6 Å². The third-order valence-electron chi connectivity index (χ3n) is 3.09. The van der Waals surface area contributed by atoms with Gasteiger partial charge in [0.05, 0.1) is 12.0 Å². The standard InChI is InChI=1S/C14H14F2N2O/c15-10-4-9(5-11(16)7-10)6-13(17)12(8-19)14-2-1-3-18-14/h1-5,7-8,12-14H,6,17H2/t12?,13-,14?/m0/s1. The largest absolute Gasteiger partial charge is 0.327 e. The lowest BCUT2D eigenvalue weighted by atomic mass is 9.89. The maximum absolute atomic E-state index is 13.1. The zero-order valence-electron chi connectivity index (χ0n) is 10.2. The summed E-state index contributed by atoms with van der Waals surface area (Å²) >= 11 is 0. The maximum Gasteiger partial charge on any atom is 0.127 e. The lowest BCUT2D eigenvalue weighted by molar-refractivity contribution is -0.111. The van der Waals surface area contributed by atoms with E-state index in [0.717, 1.165) is 12.4 Å². The first-order chi connectivity index (χ1) is 9.10. The second-order valence-electron chi connectivity index (χ2n) is 4.53. The first-order valence-corrected chi connectivity index (χ1v) is 5.96. The highest BCUT2D eigenvalue weighted by Gasteiger charge is 2.26. The van der Waals surface area contributed by atoms with Gasteiger partial charge in [0.15, 0.2) is 0 Å². The number of rotatable bonds is 5. The monoisotopic (exact) mass is 264 g/mol. The van der Waals surface area contributed by atoms with Crippen molar-refractivity contribution in [3.63, 3.8) is 0 Å². The Labute approximate surface area is 109 Å². The van der Waals surface area contributed by atoms with Crippen molar-refractivity contribution in [2.75, 3.05) is 0 Å². The Balaban J connectivity index is 2.10. The van der Waals surface area contributed by atoms with E-state index >= 15 is 0 Å². The first-order valence-electron chi connectivity index (χ1n) is 5.96. The number of halogens is 2. The molecule has 2 unspecified atom stereocenters. The first kappa shape index (κ1) is 13.5. The Morgan fingerprint density at radius 1 is 1.32 bits per heavy atom. The van der Waals surface area contributed by atoms with Crippen molar-refractivity contribution < 1.29 is 13.6 Å². The Morgan fingerprint density at radius 3 is 2.53 bits per heavy atom. The van der Waals surface area contributed by atoms with E-state index in [4.69, 9.17) is 5.73 Å². The van der Waals surface area contributed by atoms with Crippen LogP contribution >= 0.6 is 0 Å². The van der Waals surface area contributed by atoms with Gasteiger partial charge in [-0.3, -0.25) is 4.99 Å². The van der Waals surface area contributed by atoms with Crippen molar-refractivity contribution in [2.45, 2.75) is 18.5 Å². The SMILES string of the molecule is N[C@@H](Cc1cc(F)cc(F)c1)C(C=O)C1C=CC=N1. The van der Waals surface area contributed by atoms with E-state index in [1.54, 1.807) is 18.4 Å². The average Bonchev–Trinajstić information content (AvgIpc) is 2.82. The Hall–Kier alpha value is -1.88. The second kappa shape index (κ2) is 5.84. The highest BCUT2D eigenvalue weighted by Crippen LogP contribution is 2.18. The summed E-state index contributed by atoms with van der Waals surface area (Å²) in [7, 11) is 0. The molecule has 2 rings (SSSR count). The number of hydrogen-bond donors (Lipinski definition) is 1. The molecule has 2 N–H and O–H groups in total. The number of benzene rings is 1. The van der Waals surface area contributed by atoms with E-state index in [-0.39, 0.29) is 12.5 Å². The summed E-state index contributed by atoms with van der Waals surface area (Å²) in [6, 6.07) is 2.42. The Bertz CT molecular complexity index is 496. The lowest BCUT2D eigenvalue weighted by Gasteiger charge is -2.21. The van der Waals surface area contributed by atoms with Crippen LogP contribution in [0.5, 0.6) is 0 Å². The molecule has 0 saturated carbocycles. The van der Waals surface area contributed by atoms with Crippen molar-refractivity contribution in [1.29, 1.82) is 0 Å². The van der Waals surface area contributed by atoms with E-state index in [2.05, 4.69) is 4.99 Å². The third kappa shape index (κ3) is 3.32. The number of aldehydes is 1. The Kier molecular flexibility index (Phi) is 4.16. The van der Waals surface area contributed by atoms with E-state index in [0.29, 0.717) is 5.56 Å². The van der Waals surface area contributed by atoms with Gasteiger partial charge < -0.3 is 10.5 Å². The molecule has 0 radical (unpaired) electrons. The smallest absolute Gasteiger partial charge is 0.127 e. The van der Waals surface area contributed by atoms with Gasteiger partial charge in [-0.15, -0.1) is 0 Å². The maximum atomic E-state index is 13.1. The molecule has 0 amide bonds. The molecule has 1 aliphatic heterocycles. The number of carbonyl (C=O) groups is 1. The van der Waals surface area contributed by atoms with Crippen LogP contribution in [0.25, 0.3) is 0 Å². The zero-order valence-corrected chi connectivity index (χ0v) is 10.2. The van der Waals surface area contributed by atoms with Gasteiger partial charge in [0, 0.05) is 18.3 Å². The van der Waals surface area contributed by atoms with E-state index in [1.807, 2.05) is 0 Å². The molecule has 0 spiro atoms. The van der Waals surface area contributed by atoms with Gasteiger partial charge in [-0.2, -0.15) is 0 Å². The molecule has 1 aromatic rings. The summed E-state index contributed by atoms with van der Waals surface area (Å²) in [6.45, 7) is 0. The molecule has 100 valence electrons. The normalized spacial score (nSPS) is 20.5. The van der Waals surface area contributed by atoms with Crippen molar-refractivity contribution in [1.82, 2.24) is 0 Å². The van der Waals surface area contributed by atoms with Crippen LogP contribution < -0.4 is 5.73 Å². The second-order valence-corrected chi connectivity index (χ2v) is 4.53. The summed E-state index contributed by atoms with van der Waals surface area (Å²) in [5.41, 5.74) is 6.39. The minimum Gasteiger partial charge on any atom is -0.327 e. The van der Waals surface area contributed by atoms with Crippen molar-refractivity contribution in [3.8, 4) is 0 Å². The molecule has 1 aliphatic rings. The number of aliphatic imine (C=N–C) groups is 1. The van der Waals surface area contributed by atoms with Gasteiger partial charge in [0.2, 0.25) is 0 Å². The fourth-order valence-corrected chi connectivity index (χ4v) is 2.16. The van der Waals surface area contributed by atoms with Gasteiger partial charge in [-0.05, 0) is 30.2 Å². The van der Waals surface area contributed by atoms with Gasteiger partial charge in [0.1, 0.15) is 17.9 Å². The number of nitrogens with two attached hydrogens (primary N) is 1. The van der Waals surface area contributed by atoms with Crippen molar-refractivity contribution in [2.24, 2.45) is 16.6 Å². The molecule has 0 saturated heterocycles. The summed E-state index contributed by atoms with van der Waals surface area (Å²) in [5.74, 6) is -1.80.